The standard InChI is InChI=1S/C24H25N3O6/c1-31-21-12-17-19(13-22(21)32-11-9-18(25)24(29)30)26-10-8-20(17)33-16-6-4-15(5-7-16)27-23(28)14-2-3-14/h4-8,10,12-14,18H,2-3,9,11,25H2,1H3,(H,27,28)(H,29,30). The number of aliphatic carboxylic acids is 1. The van der Waals surface area contributed by atoms with Crippen LogP contribution < -0.4 is 25.3 Å². The Bertz CT molecular complexity index is 1160. The summed E-state index contributed by atoms with van der Waals surface area (Å²) in [6.45, 7) is 0.120. The lowest BCUT2D eigenvalue weighted by Gasteiger charge is -2.15. The fraction of sp³-hybridized carbons (Fsp3) is 0.292. The van der Waals surface area contributed by atoms with E-state index in [9.17, 15) is 9.59 Å². The maximum Gasteiger partial charge on any atom is 0.320 e. The number of carboxylic acids is 1. The number of nitrogens with zero attached hydrogens (tertiary/aromatic N) is 1. The van der Waals surface area contributed by atoms with E-state index in [4.69, 9.17) is 25.1 Å². The van der Waals surface area contributed by atoms with Crippen LogP contribution in [0.4, 0.5) is 5.69 Å². The van der Waals surface area contributed by atoms with E-state index in [0.29, 0.717) is 28.5 Å². The second-order valence-corrected chi connectivity index (χ2v) is 7.80. The number of pyridine rings is 1. The second-order valence-electron chi connectivity index (χ2n) is 7.80. The second kappa shape index (κ2) is 9.74. The lowest BCUT2D eigenvalue weighted by Crippen LogP contribution is -2.31. The Morgan fingerprint density at radius 1 is 1.15 bits per heavy atom. The number of ether oxygens (including phenoxy) is 3. The number of nitrogens with one attached hydrogen (secondary N) is 1. The first-order valence-corrected chi connectivity index (χ1v) is 10.6. The molecule has 0 saturated heterocycles. The van der Waals surface area contributed by atoms with Crippen LogP contribution in [0.15, 0.2) is 48.7 Å². The Morgan fingerprint density at radius 3 is 2.58 bits per heavy atom. The molecule has 1 amide bonds. The van der Waals surface area contributed by atoms with Gasteiger partial charge >= 0.3 is 5.97 Å². The van der Waals surface area contributed by atoms with Gasteiger partial charge in [0.2, 0.25) is 5.91 Å². The van der Waals surface area contributed by atoms with Crippen molar-refractivity contribution < 1.29 is 28.9 Å². The van der Waals surface area contributed by atoms with Crippen LogP contribution in [0.25, 0.3) is 10.9 Å². The molecular formula is C24H25N3O6. The fourth-order valence-electron chi connectivity index (χ4n) is 3.23. The number of anilines is 1. The fourth-order valence-corrected chi connectivity index (χ4v) is 3.23. The van der Waals surface area contributed by atoms with Crippen LogP contribution in [0, 0.1) is 5.92 Å². The van der Waals surface area contributed by atoms with Gasteiger partial charge in [0.25, 0.3) is 0 Å². The zero-order chi connectivity index (χ0) is 23.4. The predicted molar refractivity (Wildman–Crippen MR) is 122 cm³/mol. The highest BCUT2D eigenvalue weighted by Gasteiger charge is 2.29. The van der Waals surface area contributed by atoms with Crippen molar-refractivity contribution in [2.75, 3.05) is 19.0 Å². The lowest BCUT2D eigenvalue weighted by molar-refractivity contribution is -0.138. The molecular weight excluding hydrogens is 426 g/mol. The van der Waals surface area contributed by atoms with Crippen molar-refractivity contribution in [3.63, 3.8) is 0 Å². The molecule has 3 aromatic rings. The van der Waals surface area contributed by atoms with Crippen LogP contribution >= 0.6 is 0 Å². The molecule has 1 aromatic heterocycles. The summed E-state index contributed by atoms with van der Waals surface area (Å²) in [5.41, 5.74) is 6.87. The summed E-state index contributed by atoms with van der Waals surface area (Å²) in [6, 6.07) is 11.4. The van der Waals surface area contributed by atoms with Gasteiger partial charge in [-0.25, -0.2) is 0 Å². The number of benzene rings is 2. The number of methoxy groups -OCH3 is 1. The number of rotatable bonds is 10. The zero-order valence-corrected chi connectivity index (χ0v) is 18.1. The molecule has 4 N–H and O–H groups in total. The number of carbonyl (C=O) groups excluding carboxylic acids is 1. The minimum Gasteiger partial charge on any atom is -0.493 e. The van der Waals surface area contributed by atoms with Gasteiger partial charge in [-0.05, 0) is 49.2 Å². The topological polar surface area (TPSA) is 133 Å². The van der Waals surface area contributed by atoms with Crippen molar-refractivity contribution in [3.05, 3.63) is 48.7 Å². The number of aromatic nitrogens is 1. The number of carbonyl (C=O) groups is 2. The SMILES string of the molecule is COc1cc2c(Oc3ccc(NC(=O)C4CC4)cc3)ccnc2cc1OCCC(N)C(=O)O. The minimum atomic E-state index is -1.08. The van der Waals surface area contributed by atoms with Crippen molar-refractivity contribution in [3.8, 4) is 23.0 Å². The predicted octanol–water partition coefficient (Wildman–Crippen LogP) is 3.56. The largest absolute Gasteiger partial charge is 0.493 e. The minimum absolute atomic E-state index is 0.0545. The zero-order valence-electron chi connectivity index (χ0n) is 18.1. The third kappa shape index (κ3) is 5.50. The number of hydrogen-bond donors (Lipinski definition) is 3. The third-order valence-electron chi connectivity index (χ3n) is 5.29. The molecule has 1 aliphatic rings. The van der Waals surface area contributed by atoms with E-state index in [-0.39, 0.29) is 24.9 Å². The Kier molecular flexibility index (Phi) is 6.60. The monoisotopic (exact) mass is 451 g/mol. The first-order valence-electron chi connectivity index (χ1n) is 10.6. The molecule has 9 heteroatoms. The summed E-state index contributed by atoms with van der Waals surface area (Å²) in [4.78, 5) is 27.2. The summed E-state index contributed by atoms with van der Waals surface area (Å²) in [6.07, 6.45) is 3.69. The maximum absolute atomic E-state index is 11.9. The van der Waals surface area contributed by atoms with Crippen molar-refractivity contribution in [2.45, 2.75) is 25.3 Å². The van der Waals surface area contributed by atoms with Gasteiger partial charge < -0.3 is 30.4 Å². The average Bonchev–Trinajstić information content (AvgIpc) is 3.65. The summed E-state index contributed by atoms with van der Waals surface area (Å²) >= 11 is 0. The Balaban J connectivity index is 1.49. The van der Waals surface area contributed by atoms with Gasteiger partial charge in [0.1, 0.15) is 17.5 Å². The first-order chi connectivity index (χ1) is 15.9. The number of amides is 1. The van der Waals surface area contributed by atoms with Gasteiger partial charge in [-0.1, -0.05) is 0 Å². The summed E-state index contributed by atoms with van der Waals surface area (Å²) in [7, 11) is 1.52. The van der Waals surface area contributed by atoms with E-state index in [1.807, 2.05) is 0 Å². The Morgan fingerprint density at radius 2 is 1.91 bits per heavy atom. The van der Waals surface area contributed by atoms with Gasteiger partial charge in [-0.3, -0.25) is 14.6 Å². The Labute approximate surface area is 190 Å². The molecule has 1 fully saturated rings. The highest BCUT2D eigenvalue weighted by atomic mass is 16.5. The highest BCUT2D eigenvalue weighted by Crippen LogP contribution is 2.37. The van der Waals surface area contributed by atoms with E-state index in [1.165, 1.54) is 7.11 Å². The maximum atomic E-state index is 11.9. The molecule has 1 saturated carbocycles. The van der Waals surface area contributed by atoms with Crippen molar-refractivity contribution >= 4 is 28.5 Å². The molecule has 0 radical (unpaired) electrons. The summed E-state index contributed by atoms with van der Waals surface area (Å²) < 4.78 is 17.2. The molecule has 9 nitrogen and oxygen atoms in total. The molecule has 172 valence electrons. The summed E-state index contributed by atoms with van der Waals surface area (Å²) in [5.74, 6) is 1.19. The number of fused-ring (bicyclic) bond motifs is 1. The van der Waals surface area contributed by atoms with E-state index in [0.717, 1.165) is 23.9 Å². The lowest BCUT2D eigenvalue weighted by atomic mass is 10.1. The quantitative estimate of drug-likeness (QED) is 0.426. The van der Waals surface area contributed by atoms with Gasteiger partial charge in [0, 0.05) is 35.7 Å². The van der Waals surface area contributed by atoms with Gasteiger partial charge in [-0.2, -0.15) is 0 Å². The van der Waals surface area contributed by atoms with Crippen LogP contribution in [0.2, 0.25) is 0 Å². The molecule has 2 aromatic carbocycles. The molecule has 0 spiro atoms. The van der Waals surface area contributed by atoms with E-state index in [2.05, 4.69) is 10.3 Å². The number of carboxylic acid groups (broad SMARTS) is 1. The number of hydrogen-bond acceptors (Lipinski definition) is 7. The van der Waals surface area contributed by atoms with E-state index >= 15 is 0 Å². The number of nitrogens with two attached hydrogens (primary N) is 1. The van der Waals surface area contributed by atoms with Crippen LogP contribution in [-0.2, 0) is 9.59 Å². The molecule has 1 aliphatic carbocycles. The van der Waals surface area contributed by atoms with Crippen molar-refractivity contribution in [2.24, 2.45) is 11.7 Å². The normalized spacial score (nSPS) is 13.9. The first kappa shape index (κ1) is 22.3. The average molecular weight is 451 g/mol. The van der Waals surface area contributed by atoms with Gasteiger partial charge in [-0.15, -0.1) is 0 Å². The van der Waals surface area contributed by atoms with E-state index in [1.54, 1.807) is 48.7 Å². The third-order valence-corrected chi connectivity index (χ3v) is 5.29. The molecule has 0 aliphatic heterocycles. The molecule has 1 atom stereocenters. The molecule has 4 rings (SSSR count). The molecule has 1 heterocycles. The summed E-state index contributed by atoms with van der Waals surface area (Å²) in [5, 5.41) is 12.5. The molecule has 33 heavy (non-hydrogen) atoms. The highest BCUT2D eigenvalue weighted by molar-refractivity contribution is 5.94. The van der Waals surface area contributed by atoms with Crippen LogP contribution in [0.1, 0.15) is 19.3 Å². The van der Waals surface area contributed by atoms with Gasteiger partial charge in [0.05, 0.1) is 19.2 Å². The Hall–Kier alpha value is -3.85. The van der Waals surface area contributed by atoms with E-state index < -0.39 is 12.0 Å². The van der Waals surface area contributed by atoms with Crippen molar-refractivity contribution in [1.29, 1.82) is 0 Å². The van der Waals surface area contributed by atoms with Crippen LogP contribution in [0.3, 0.4) is 0 Å². The smallest absolute Gasteiger partial charge is 0.320 e. The van der Waals surface area contributed by atoms with Crippen LogP contribution in [0.5, 0.6) is 23.0 Å². The molecule has 0 bridgehead atoms. The van der Waals surface area contributed by atoms with Gasteiger partial charge in [0.15, 0.2) is 11.5 Å². The van der Waals surface area contributed by atoms with Crippen LogP contribution in [-0.4, -0.2) is 41.7 Å². The van der Waals surface area contributed by atoms with Crippen molar-refractivity contribution in [1.82, 2.24) is 4.98 Å². The molecule has 1 unspecified atom stereocenters.